The molecule has 1 aromatic rings. The molecule has 1 aromatic carbocycles. The molecule has 0 heterocycles. The minimum absolute atomic E-state index is 0.0822. The van der Waals surface area contributed by atoms with Crippen LogP contribution < -0.4 is 5.32 Å². The summed E-state index contributed by atoms with van der Waals surface area (Å²) in [6.07, 6.45) is 14.4. The highest BCUT2D eigenvalue weighted by Gasteiger charge is 2.24. The monoisotopic (exact) mass is 447 g/mol. The summed E-state index contributed by atoms with van der Waals surface area (Å²) in [4.78, 5) is 35.4. The van der Waals surface area contributed by atoms with Gasteiger partial charge in [-0.2, -0.15) is 0 Å². The number of unbranched alkanes of at least 4 members (excludes halogenated alkanes) is 11. The van der Waals surface area contributed by atoms with E-state index >= 15 is 0 Å². The van der Waals surface area contributed by atoms with Crippen LogP contribution in [0.15, 0.2) is 30.3 Å². The lowest BCUT2D eigenvalue weighted by Crippen LogP contribution is -2.42. The molecule has 32 heavy (non-hydrogen) atoms. The fraction of sp³-hybridized carbons (Fsp3) is 0.654. The van der Waals surface area contributed by atoms with E-state index in [-0.39, 0.29) is 25.4 Å². The van der Waals surface area contributed by atoms with E-state index in [2.05, 4.69) is 12.2 Å². The molecule has 0 aliphatic heterocycles. The molecule has 1 rings (SSSR count). The van der Waals surface area contributed by atoms with E-state index in [1.165, 1.54) is 57.8 Å². The van der Waals surface area contributed by atoms with Gasteiger partial charge in [-0.25, -0.2) is 4.79 Å². The van der Waals surface area contributed by atoms with Crippen molar-refractivity contribution >= 4 is 17.8 Å². The van der Waals surface area contributed by atoms with Crippen LogP contribution in [-0.4, -0.2) is 29.0 Å². The molecule has 0 saturated carbocycles. The highest BCUT2D eigenvalue weighted by molar-refractivity contribution is 5.87. The number of carbonyl (C=O) groups excluding carboxylic acids is 2. The molecule has 0 spiro atoms. The lowest BCUT2D eigenvalue weighted by Gasteiger charge is -2.14. The quantitative estimate of drug-likeness (QED) is 0.207. The number of nitrogens with one attached hydrogen (secondary N) is 1. The number of carbonyl (C=O) groups is 3. The van der Waals surface area contributed by atoms with Crippen LogP contribution in [-0.2, 0) is 25.7 Å². The Morgan fingerprint density at radius 3 is 1.91 bits per heavy atom. The average Bonchev–Trinajstić information content (AvgIpc) is 2.78. The third-order valence-electron chi connectivity index (χ3n) is 5.50. The largest absolute Gasteiger partial charge is 0.480 e. The van der Waals surface area contributed by atoms with Gasteiger partial charge in [0.1, 0.15) is 12.6 Å². The van der Waals surface area contributed by atoms with Gasteiger partial charge in [-0.15, -0.1) is 0 Å². The first kappa shape index (κ1) is 27.7. The summed E-state index contributed by atoms with van der Waals surface area (Å²) in [5.74, 6) is -2.21. The molecule has 2 N–H and O–H groups in total. The van der Waals surface area contributed by atoms with E-state index in [0.717, 1.165) is 24.8 Å². The Morgan fingerprint density at radius 1 is 0.844 bits per heavy atom. The first-order chi connectivity index (χ1) is 15.5. The molecule has 0 aliphatic carbocycles. The van der Waals surface area contributed by atoms with Gasteiger partial charge in [0.25, 0.3) is 0 Å². The predicted molar refractivity (Wildman–Crippen MR) is 126 cm³/mol. The first-order valence-electron chi connectivity index (χ1n) is 12.2. The summed E-state index contributed by atoms with van der Waals surface area (Å²) in [7, 11) is 0. The zero-order valence-corrected chi connectivity index (χ0v) is 19.7. The van der Waals surface area contributed by atoms with Crippen molar-refractivity contribution in [3.05, 3.63) is 35.9 Å². The second kappa shape index (κ2) is 18.2. The zero-order valence-electron chi connectivity index (χ0n) is 19.7. The summed E-state index contributed by atoms with van der Waals surface area (Å²) >= 11 is 0. The van der Waals surface area contributed by atoms with Crippen molar-refractivity contribution in [2.45, 2.75) is 109 Å². The number of ether oxygens (including phenoxy) is 1. The molecule has 1 atom stereocenters. The minimum Gasteiger partial charge on any atom is -0.480 e. The van der Waals surface area contributed by atoms with Crippen LogP contribution in [0.3, 0.4) is 0 Å². The molecule has 6 nitrogen and oxygen atoms in total. The van der Waals surface area contributed by atoms with Crippen molar-refractivity contribution < 1.29 is 24.2 Å². The minimum atomic E-state index is -1.26. The number of hydrogen-bond donors (Lipinski definition) is 2. The van der Waals surface area contributed by atoms with Gasteiger partial charge in [0.15, 0.2) is 0 Å². The Balaban J connectivity index is 2.09. The second-order valence-electron chi connectivity index (χ2n) is 8.45. The molecule has 6 heteroatoms. The Hall–Kier alpha value is -2.37. The number of carboxylic acids is 1. The summed E-state index contributed by atoms with van der Waals surface area (Å²) in [6.45, 7) is 2.32. The van der Waals surface area contributed by atoms with E-state index in [0.29, 0.717) is 0 Å². The smallest absolute Gasteiger partial charge is 0.326 e. The van der Waals surface area contributed by atoms with Crippen LogP contribution in [0, 0.1) is 0 Å². The van der Waals surface area contributed by atoms with Crippen molar-refractivity contribution in [2.24, 2.45) is 0 Å². The maximum atomic E-state index is 12.1. The second-order valence-corrected chi connectivity index (χ2v) is 8.45. The van der Waals surface area contributed by atoms with Crippen LogP contribution in [0.1, 0.15) is 102 Å². The molecule has 180 valence electrons. The average molecular weight is 448 g/mol. The van der Waals surface area contributed by atoms with E-state index in [1.54, 1.807) is 0 Å². The zero-order chi connectivity index (χ0) is 23.4. The number of carboxylic acid groups (broad SMARTS) is 1. The summed E-state index contributed by atoms with van der Waals surface area (Å²) in [6, 6.07) is 7.90. The number of esters is 1. The molecule has 0 radical (unpaired) electrons. The molecular formula is C26H41NO5. The van der Waals surface area contributed by atoms with Gasteiger partial charge in [0.2, 0.25) is 5.91 Å². The van der Waals surface area contributed by atoms with Crippen molar-refractivity contribution in [3.63, 3.8) is 0 Å². The predicted octanol–water partition coefficient (Wildman–Crippen LogP) is 5.78. The van der Waals surface area contributed by atoms with Crippen molar-refractivity contribution in [2.75, 3.05) is 0 Å². The maximum Gasteiger partial charge on any atom is 0.326 e. The van der Waals surface area contributed by atoms with Gasteiger partial charge < -0.3 is 15.2 Å². The van der Waals surface area contributed by atoms with Gasteiger partial charge >= 0.3 is 11.9 Å². The maximum absolute atomic E-state index is 12.1. The first-order valence-corrected chi connectivity index (χ1v) is 12.2. The molecule has 0 aliphatic rings. The molecule has 0 aromatic heterocycles. The van der Waals surface area contributed by atoms with Crippen LogP contribution in [0.25, 0.3) is 0 Å². The van der Waals surface area contributed by atoms with Crippen LogP contribution in [0.5, 0.6) is 0 Å². The van der Waals surface area contributed by atoms with E-state index in [1.807, 2.05) is 30.3 Å². The molecule has 0 saturated heterocycles. The summed E-state index contributed by atoms with van der Waals surface area (Å²) < 4.78 is 5.11. The number of rotatable bonds is 19. The molecule has 0 bridgehead atoms. The number of benzene rings is 1. The van der Waals surface area contributed by atoms with Gasteiger partial charge in [-0.05, 0) is 12.0 Å². The van der Waals surface area contributed by atoms with Gasteiger partial charge in [-0.3, -0.25) is 9.59 Å². The van der Waals surface area contributed by atoms with Crippen molar-refractivity contribution in [1.82, 2.24) is 5.32 Å². The Kier molecular flexibility index (Phi) is 15.8. The topological polar surface area (TPSA) is 92.7 Å². The Bertz CT molecular complexity index is 647. The van der Waals surface area contributed by atoms with E-state index in [4.69, 9.17) is 4.74 Å². The number of hydrogen-bond acceptors (Lipinski definition) is 4. The van der Waals surface area contributed by atoms with Gasteiger partial charge in [0, 0.05) is 6.42 Å². The van der Waals surface area contributed by atoms with Crippen molar-refractivity contribution in [1.29, 1.82) is 0 Å². The third-order valence-corrected chi connectivity index (χ3v) is 5.50. The Morgan fingerprint density at radius 2 is 1.38 bits per heavy atom. The molecule has 0 fully saturated rings. The van der Waals surface area contributed by atoms with E-state index < -0.39 is 18.0 Å². The van der Waals surface area contributed by atoms with E-state index in [9.17, 15) is 19.5 Å². The van der Waals surface area contributed by atoms with Crippen LogP contribution in [0.2, 0.25) is 0 Å². The number of amides is 1. The van der Waals surface area contributed by atoms with Crippen LogP contribution >= 0.6 is 0 Å². The van der Waals surface area contributed by atoms with Gasteiger partial charge in [-0.1, -0.05) is 108 Å². The normalized spacial score (nSPS) is 11.7. The highest BCUT2D eigenvalue weighted by atomic mass is 16.5. The fourth-order valence-electron chi connectivity index (χ4n) is 3.56. The highest BCUT2D eigenvalue weighted by Crippen LogP contribution is 2.12. The standard InChI is InChI=1S/C26H41NO5/c1-2-3-4-5-6-7-8-9-10-11-12-16-19-24(28)27-23(26(30)31)20-25(29)32-21-22-17-14-13-15-18-22/h13-15,17-18,23H,2-12,16,19-21H2,1H3,(H,27,28)(H,30,31)/t23-/m0/s1. The SMILES string of the molecule is CCCCCCCCCCCCCCC(=O)N[C@@H](CC(=O)OCc1ccccc1)C(=O)O. The molecular weight excluding hydrogens is 406 g/mol. The Labute approximate surface area is 193 Å². The molecule has 1 amide bonds. The molecule has 0 unspecified atom stereocenters. The summed E-state index contributed by atoms with van der Waals surface area (Å²) in [5, 5.41) is 11.8. The fourth-order valence-corrected chi connectivity index (χ4v) is 3.56. The van der Waals surface area contributed by atoms with Crippen molar-refractivity contribution in [3.8, 4) is 0 Å². The third kappa shape index (κ3) is 14.6. The summed E-state index contributed by atoms with van der Waals surface area (Å²) in [5.41, 5.74) is 0.823. The lowest BCUT2D eigenvalue weighted by molar-refractivity contribution is -0.151. The van der Waals surface area contributed by atoms with Crippen LogP contribution in [0.4, 0.5) is 0 Å². The lowest BCUT2D eigenvalue weighted by atomic mass is 10.0. The number of aliphatic carboxylic acids is 1. The van der Waals surface area contributed by atoms with Gasteiger partial charge in [0.05, 0.1) is 6.42 Å².